The van der Waals surface area contributed by atoms with Gasteiger partial charge < -0.3 is 15.4 Å². The number of hydrogen-bond acceptors (Lipinski definition) is 3. The Morgan fingerprint density at radius 2 is 1.88 bits per heavy atom. The summed E-state index contributed by atoms with van der Waals surface area (Å²) in [6.45, 7) is 5.17. The van der Waals surface area contributed by atoms with Crippen LogP contribution < -0.4 is 5.73 Å². The van der Waals surface area contributed by atoms with Crippen LogP contribution in [-0.2, 0) is 16.0 Å². The molecule has 1 amide bonds. The molecule has 0 bridgehead atoms. The highest BCUT2D eigenvalue weighted by Crippen LogP contribution is 2.16. The Labute approximate surface area is 152 Å². The highest BCUT2D eigenvalue weighted by molar-refractivity contribution is 5.85. The van der Waals surface area contributed by atoms with Crippen molar-refractivity contribution in [1.29, 1.82) is 0 Å². The van der Waals surface area contributed by atoms with E-state index < -0.39 is 0 Å². The second-order valence-electron chi connectivity index (χ2n) is 6.43. The minimum absolute atomic E-state index is 0. The van der Waals surface area contributed by atoms with E-state index in [-0.39, 0.29) is 18.3 Å². The van der Waals surface area contributed by atoms with E-state index >= 15 is 0 Å². The maximum atomic E-state index is 12.3. The molecular weight excluding hydrogens is 324 g/mol. The van der Waals surface area contributed by atoms with Crippen molar-refractivity contribution >= 4 is 18.3 Å². The first kappa shape index (κ1) is 20.9. The fourth-order valence-electron chi connectivity index (χ4n) is 2.96. The average Bonchev–Trinajstić information content (AvgIpc) is 2.57. The number of nitrogens with two attached hydrogens (primary N) is 1. The number of likely N-dealkylation sites (tertiary alicyclic amines) is 1. The molecule has 2 rings (SSSR count). The van der Waals surface area contributed by atoms with Gasteiger partial charge in [0.15, 0.2) is 0 Å². The monoisotopic (exact) mass is 354 g/mol. The minimum atomic E-state index is 0. The number of carbonyl (C=O) groups is 1. The maximum Gasteiger partial charge on any atom is 0.222 e. The number of nitrogens with zero attached hydrogens (tertiary/aromatic N) is 1. The number of benzene rings is 1. The van der Waals surface area contributed by atoms with E-state index in [1.807, 2.05) is 4.90 Å². The summed E-state index contributed by atoms with van der Waals surface area (Å²) in [4.78, 5) is 14.3. The van der Waals surface area contributed by atoms with Gasteiger partial charge >= 0.3 is 0 Å². The lowest BCUT2D eigenvalue weighted by Gasteiger charge is -2.32. The Kier molecular flexibility index (Phi) is 9.99. The number of rotatable bonds is 8. The van der Waals surface area contributed by atoms with Gasteiger partial charge in [-0.2, -0.15) is 0 Å². The van der Waals surface area contributed by atoms with E-state index in [2.05, 4.69) is 31.2 Å². The number of carbonyl (C=O) groups excluding carboxylic acids is 1. The van der Waals surface area contributed by atoms with Crippen LogP contribution in [0.1, 0.15) is 43.2 Å². The summed E-state index contributed by atoms with van der Waals surface area (Å²) in [5, 5.41) is 0. The van der Waals surface area contributed by atoms with Crippen LogP contribution in [0.3, 0.4) is 0 Å². The first-order chi connectivity index (χ1) is 11.2. The number of hydrogen-bond donors (Lipinski definition) is 1. The molecule has 0 radical (unpaired) electrons. The molecule has 0 unspecified atom stereocenters. The van der Waals surface area contributed by atoms with Crippen LogP contribution in [0.25, 0.3) is 0 Å². The molecular formula is C19H31ClN2O2. The van der Waals surface area contributed by atoms with Crippen LogP contribution in [0.15, 0.2) is 24.3 Å². The first-order valence-electron chi connectivity index (χ1n) is 8.84. The van der Waals surface area contributed by atoms with Crippen LogP contribution in [0.2, 0.25) is 0 Å². The standard InChI is InChI=1S/C19H30N2O2.ClH/c1-16-6-8-17(9-7-16)4-2-5-19(22)21-13-10-18(11-14-21)23-15-3-12-20;/h6-9,18H,2-5,10-15,20H2,1H3;1H. The molecule has 1 aliphatic heterocycles. The average molecular weight is 355 g/mol. The van der Waals surface area contributed by atoms with Gasteiger partial charge in [0.05, 0.1) is 6.10 Å². The van der Waals surface area contributed by atoms with Gasteiger partial charge in [-0.25, -0.2) is 0 Å². The summed E-state index contributed by atoms with van der Waals surface area (Å²) in [6, 6.07) is 8.58. The Balaban J connectivity index is 0.00000288. The second kappa shape index (κ2) is 11.5. The zero-order chi connectivity index (χ0) is 16.5. The van der Waals surface area contributed by atoms with E-state index in [1.54, 1.807) is 0 Å². The minimum Gasteiger partial charge on any atom is -0.378 e. The van der Waals surface area contributed by atoms with Gasteiger partial charge in [-0.1, -0.05) is 29.8 Å². The predicted octanol–water partition coefficient (Wildman–Crippen LogP) is 3.10. The molecule has 4 nitrogen and oxygen atoms in total. The van der Waals surface area contributed by atoms with Crippen molar-refractivity contribution in [3.8, 4) is 0 Å². The van der Waals surface area contributed by atoms with Crippen LogP contribution in [0.5, 0.6) is 0 Å². The normalized spacial score (nSPS) is 15.2. The Morgan fingerprint density at radius 1 is 1.21 bits per heavy atom. The third-order valence-corrected chi connectivity index (χ3v) is 4.47. The second-order valence-corrected chi connectivity index (χ2v) is 6.43. The third-order valence-electron chi connectivity index (χ3n) is 4.47. The number of halogens is 1. The molecule has 1 heterocycles. The SMILES string of the molecule is Cc1ccc(CCCC(=O)N2CCC(OCCCN)CC2)cc1.Cl. The Bertz CT molecular complexity index is 471. The third kappa shape index (κ3) is 7.20. The van der Waals surface area contributed by atoms with Gasteiger partial charge in [-0.3, -0.25) is 4.79 Å². The summed E-state index contributed by atoms with van der Waals surface area (Å²) < 4.78 is 5.78. The van der Waals surface area contributed by atoms with Crippen LogP contribution in [0, 0.1) is 6.92 Å². The van der Waals surface area contributed by atoms with Crippen LogP contribution >= 0.6 is 12.4 Å². The van der Waals surface area contributed by atoms with Crippen molar-refractivity contribution in [2.24, 2.45) is 5.73 Å². The molecule has 1 aromatic carbocycles. The van der Waals surface area contributed by atoms with Crippen molar-refractivity contribution in [2.45, 2.75) is 51.6 Å². The topological polar surface area (TPSA) is 55.6 Å². The summed E-state index contributed by atoms with van der Waals surface area (Å²) in [6.07, 6.45) is 5.67. The molecule has 1 saturated heterocycles. The van der Waals surface area contributed by atoms with E-state index in [0.29, 0.717) is 19.1 Å². The molecule has 0 saturated carbocycles. The molecule has 24 heavy (non-hydrogen) atoms. The zero-order valence-electron chi connectivity index (χ0n) is 14.7. The van der Waals surface area contributed by atoms with Crippen molar-refractivity contribution < 1.29 is 9.53 Å². The zero-order valence-corrected chi connectivity index (χ0v) is 15.5. The molecule has 136 valence electrons. The largest absolute Gasteiger partial charge is 0.378 e. The molecule has 1 aliphatic rings. The van der Waals surface area contributed by atoms with Crippen molar-refractivity contribution in [3.63, 3.8) is 0 Å². The van der Waals surface area contributed by atoms with E-state index in [4.69, 9.17) is 10.5 Å². The lowest BCUT2D eigenvalue weighted by molar-refractivity contribution is -0.133. The molecule has 1 aromatic rings. The fourth-order valence-corrected chi connectivity index (χ4v) is 2.96. The molecule has 0 aromatic heterocycles. The van der Waals surface area contributed by atoms with Gasteiger partial charge in [0, 0.05) is 26.1 Å². The van der Waals surface area contributed by atoms with Crippen molar-refractivity contribution in [2.75, 3.05) is 26.2 Å². The van der Waals surface area contributed by atoms with Gasteiger partial charge in [0.25, 0.3) is 0 Å². The summed E-state index contributed by atoms with van der Waals surface area (Å²) in [5.74, 6) is 0.289. The Morgan fingerprint density at radius 3 is 2.50 bits per heavy atom. The molecule has 5 heteroatoms. The van der Waals surface area contributed by atoms with Crippen molar-refractivity contribution in [3.05, 3.63) is 35.4 Å². The quantitative estimate of drug-likeness (QED) is 0.730. The molecule has 0 atom stereocenters. The Hall–Kier alpha value is -1.10. The number of amides is 1. The van der Waals surface area contributed by atoms with Crippen LogP contribution in [-0.4, -0.2) is 43.2 Å². The van der Waals surface area contributed by atoms with E-state index in [1.165, 1.54) is 11.1 Å². The van der Waals surface area contributed by atoms with Gasteiger partial charge in [-0.15, -0.1) is 12.4 Å². The summed E-state index contributed by atoms with van der Waals surface area (Å²) in [7, 11) is 0. The van der Waals surface area contributed by atoms with Crippen molar-refractivity contribution in [1.82, 2.24) is 4.90 Å². The number of aryl methyl sites for hydroxylation is 2. The predicted molar refractivity (Wildman–Crippen MR) is 101 cm³/mol. The summed E-state index contributed by atoms with van der Waals surface area (Å²) >= 11 is 0. The van der Waals surface area contributed by atoms with Crippen LogP contribution in [0.4, 0.5) is 0 Å². The molecule has 2 N–H and O–H groups in total. The van der Waals surface area contributed by atoms with E-state index in [0.717, 1.165) is 51.8 Å². The molecule has 0 aliphatic carbocycles. The molecule has 1 fully saturated rings. The smallest absolute Gasteiger partial charge is 0.222 e. The summed E-state index contributed by atoms with van der Waals surface area (Å²) in [5.41, 5.74) is 8.06. The fraction of sp³-hybridized carbons (Fsp3) is 0.632. The number of piperidine rings is 1. The first-order valence-corrected chi connectivity index (χ1v) is 8.84. The highest BCUT2D eigenvalue weighted by Gasteiger charge is 2.22. The lowest BCUT2D eigenvalue weighted by Crippen LogP contribution is -2.41. The highest BCUT2D eigenvalue weighted by atomic mass is 35.5. The molecule has 0 spiro atoms. The van der Waals surface area contributed by atoms with Gasteiger partial charge in [-0.05, 0) is 51.1 Å². The van der Waals surface area contributed by atoms with Gasteiger partial charge in [0.1, 0.15) is 0 Å². The van der Waals surface area contributed by atoms with Gasteiger partial charge in [0.2, 0.25) is 5.91 Å². The lowest BCUT2D eigenvalue weighted by atomic mass is 10.0. The maximum absolute atomic E-state index is 12.3. The number of ether oxygens (including phenoxy) is 1. The van der Waals surface area contributed by atoms with E-state index in [9.17, 15) is 4.79 Å².